The fourth-order valence-electron chi connectivity index (χ4n) is 5.31. The second-order valence-electron chi connectivity index (χ2n) is 11.7. The number of H-pyrrole nitrogens is 2. The van der Waals surface area contributed by atoms with E-state index in [9.17, 15) is 19.2 Å². The Bertz CT molecular complexity index is 1440. The van der Waals surface area contributed by atoms with Crippen LogP contribution in [0, 0.1) is 19.8 Å². The van der Waals surface area contributed by atoms with E-state index >= 15 is 0 Å². The van der Waals surface area contributed by atoms with E-state index in [0.717, 1.165) is 0 Å². The van der Waals surface area contributed by atoms with Gasteiger partial charge in [0.15, 0.2) is 0 Å². The summed E-state index contributed by atoms with van der Waals surface area (Å²) in [7, 11) is 1.81. The zero-order valence-corrected chi connectivity index (χ0v) is 25.3. The third-order valence-corrected chi connectivity index (χ3v) is 7.45. The van der Waals surface area contributed by atoms with E-state index in [1.165, 1.54) is 21.5 Å². The molecule has 2 fully saturated rings. The minimum absolute atomic E-state index is 0.00409. The van der Waals surface area contributed by atoms with Gasteiger partial charge in [-0.15, -0.1) is 0 Å². The van der Waals surface area contributed by atoms with Crippen molar-refractivity contribution in [1.82, 2.24) is 24.2 Å². The molecule has 4 heterocycles. The molecular formula is C28H43N5O9. The first kappa shape index (κ1) is 32.0. The van der Waals surface area contributed by atoms with Gasteiger partial charge in [-0.25, -0.2) is 9.59 Å². The number of aromatic nitrogens is 4. The molecule has 2 aromatic heterocycles. The molecule has 0 saturated carbocycles. The van der Waals surface area contributed by atoms with Crippen molar-refractivity contribution in [3.63, 3.8) is 0 Å². The molecule has 2 aliphatic heterocycles. The summed E-state index contributed by atoms with van der Waals surface area (Å²) in [6.45, 7) is 12.0. The first-order valence-electron chi connectivity index (χ1n) is 14.4. The molecule has 6 atom stereocenters. The van der Waals surface area contributed by atoms with Crippen molar-refractivity contribution in [3.05, 3.63) is 65.2 Å². The predicted molar refractivity (Wildman–Crippen MR) is 152 cm³/mol. The van der Waals surface area contributed by atoms with Crippen LogP contribution in [0.3, 0.4) is 0 Å². The van der Waals surface area contributed by atoms with E-state index in [1.807, 2.05) is 34.7 Å². The lowest BCUT2D eigenvalue weighted by molar-refractivity contribution is -0.192. The number of hydrogen-bond donors (Lipinski definition) is 2. The van der Waals surface area contributed by atoms with Crippen molar-refractivity contribution in [2.45, 2.75) is 97.4 Å². The van der Waals surface area contributed by atoms with Gasteiger partial charge in [0.05, 0.1) is 37.6 Å². The van der Waals surface area contributed by atoms with Crippen molar-refractivity contribution < 1.29 is 23.8 Å². The SMILES string of the molecule is Cc1cn([C@H]2CC(CN(C)OC[C@H]3O[C@@H](n4cc(C)c(=O)[nH]c4=O)CC3OC(C)C)[C@@H](COC(C)C)O2)c(=O)[nH]c1=O. The van der Waals surface area contributed by atoms with Crippen LogP contribution in [-0.4, -0.2) is 81.5 Å². The summed E-state index contributed by atoms with van der Waals surface area (Å²) in [5, 5.41) is 1.71. The molecule has 2 aromatic rings. The summed E-state index contributed by atoms with van der Waals surface area (Å²) in [5.41, 5.74) is -1.09. The van der Waals surface area contributed by atoms with Crippen LogP contribution in [0.15, 0.2) is 31.6 Å². The number of nitrogens with zero attached hydrogens (tertiary/aromatic N) is 3. The smallest absolute Gasteiger partial charge is 0.330 e. The second-order valence-corrected chi connectivity index (χ2v) is 11.7. The van der Waals surface area contributed by atoms with Crippen LogP contribution in [0.4, 0.5) is 0 Å². The summed E-state index contributed by atoms with van der Waals surface area (Å²) in [6.07, 6.45) is 1.62. The Kier molecular flexibility index (Phi) is 10.4. The lowest BCUT2D eigenvalue weighted by Crippen LogP contribution is -2.37. The molecular weight excluding hydrogens is 550 g/mol. The molecule has 0 bridgehead atoms. The summed E-state index contributed by atoms with van der Waals surface area (Å²) < 4.78 is 27.2. The van der Waals surface area contributed by atoms with E-state index in [-0.39, 0.29) is 36.9 Å². The van der Waals surface area contributed by atoms with Crippen molar-refractivity contribution >= 4 is 0 Å². The van der Waals surface area contributed by atoms with Crippen molar-refractivity contribution in [1.29, 1.82) is 0 Å². The van der Waals surface area contributed by atoms with E-state index in [4.69, 9.17) is 23.8 Å². The summed E-state index contributed by atoms with van der Waals surface area (Å²) >= 11 is 0. The predicted octanol–water partition coefficient (Wildman–Crippen LogP) is 0.977. The van der Waals surface area contributed by atoms with Crippen molar-refractivity contribution in [3.8, 4) is 0 Å². The van der Waals surface area contributed by atoms with Crippen LogP contribution in [-0.2, 0) is 23.8 Å². The molecule has 0 aliphatic carbocycles. The number of nitrogens with one attached hydrogen (secondary N) is 2. The van der Waals surface area contributed by atoms with Crippen LogP contribution in [0.5, 0.6) is 0 Å². The van der Waals surface area contributed by atoms with Gasteiger partial charge in [0.25, 0.3) is 11.1 Å². The average molecular weight is 594 g/mol. The zero-order chi connectivity index (χ0) is 30.7. The van der Waals surface area contributed by atoms with Crippen LogP contribution < -0.4 is 22.5 Å². The Morgan fingerprint density at radius 1 is 0.857 bits per heavy atom. The second kappa shape index (κ2) is 13.6. The standard InChI is InChI=1S/C28H43N5O9/c1-15(2)38-13-21-19(8-23(41-21)32-10-17(5)25(34)29-27(32)36)12-31(7)39-14-22-20(40-16(3)4)9-24(42-22)33-11-18(6)26(35)30-28(33)37/h10-11,15-16,19-24H,8-9,12-14H2,1-7H3,(H,29,34,36)(H,30,35,37)/t19?,20?,21-,22-,23-,24-/m1/s1. The molecule has 2 unspecified atom stereocenters. The van der Waals surface area contributed by atoms with Crippen molar-refractivity contribution in [2.75, 3.05) is 26.8 Å². The van der Waals surface area contributed by atoms with Gasteiger partial charge < -0.3 is 18.9 Å². The molecule has 2 saturated heterocycles. The number of hydroxylamine groups is 2. The normalized spacial score (nSPS) is 26.2. The van der Waals surface area contributed by atoms with Gasteiger partial charge in [-0.1, -0.05) is 0 Å². The maximum Gasteiger partial charge on any atom is 0.330 e. The van der Waals surface area contributed by atoms with Crippen LogP contribution in [0.25, 0.3) is 0 Å². The summed E-state index contributed by atoms with van der Waals surface area (Å²) in [4.78, 5) is 59.5. The van der Waals surface area contributed by atoms with Gasteiger partial charge >= 0.3 is 11.4 Å². The monoisotopic (exact) mass is 593 g/mol. The van der Waals surface area contributed by atoms with Gasteiger partial charge in [-0.05, 0) is 48.0 Å². The molecule has 14 nitrogen and oxygen atoms in total. The Balaban J connectivity index is 1.43. The van der Waals surface area contributed by atoms with Gasteiger partial charge in [-0.2, -0.15) is 5.06 Å². The highest BCUT2D eigenvalue weighted by molar-refractivity contribution is 5.03. The Morgan fingerprint density at radius 3 is 1.95 bits per heavy atom. The molecule has 234 valence electrons. The van der Waals surface area contributed by atoms with E-state index < -0.39 is 41.1 Å². The molecule has 4 rings (SSSR count). The van der Waals surface area contributed by atoms with Crippen molar-refractivity contribution in [2.24, 2.45) is 5.92 Å². The fourth-order valence-corrected chi connectivity index (χ4v) is 5.31. The molecule has 0 spiro atoms. The molecule has 0 amide bonds. The topological polar surface area (TPSA) is 159 Å². The molecule has 0 radical (unpaired) electrons. The summed E-state index contributed by atoms with van der Waals surface area (Å²) in [5.74, 6) is -0.0412. The third-order valence-electron chi connectivity index (χ3n) is 7.45. The molecule has 2 N–H and O–H groups in total. The lowest BCUT2D eigenvalue weighted by Gasteiger charge is -2.27. The van der Waals surface area contributed by atoms with Gasteiger partial charge in [0, 0.05) is 49.5 Å². The van der Waals surface area contributed by atoms with Gasteiger partial charge in [0.2, 0.25) is 0 Å². The van der Waals surface area contributed by atoms with E-state index in [0.29, 0.717) is 37.1 Å². The minimum Gasteiger partial charge on any atom is -0.376 e. The molecule has 42 heavy (non-hydrogen) atoms. The van der Waals surface area contributed by atoms with Crippen LogP contribution in [0.2, 0.25) is 0 Å². The average Bonchev–Trinajstić information content (AvgIpc) is 3.49. The highest BCUT2D eigenvalue weighted by Gasteiger charge is 2.40. The zero-order valence-electron chi connectivity index (χ0n) is 25.3. The van der Waals surface area contributed by atoms with Crippen LogP contribution >= 0.6 is 0 Å². The highest BCUT2D eigenvalue weighted by Crippen LogP contribution is 2.34. The largest absolute Gasteiger partial charge is 0.376 e. The molecule has 14 heteroatoms. The quantitative estimate of drug-likeness (QED) is 0.340. The first-order valence-corrected chi connectivity index (χ1v) is 14.4. The molecule has 2 aliphatic rings. The number of ether oxygens (including phenoxy) is 4. The number of hydrogen-bond acceptors (Lipinski definition) is 10. The number of rotatable bonds is 12. The number of aryl methyl sites for hydroxylation is 2. The lowest BCUT2D eigenvalue weighted by atomic mass is 10.0. The summed E-state index contributed by atoms with van der Waals surface area (Å²) in [6, 6.07) is 0. The Morgan fingerprint density at radius 2 is 1.40 bits per heavy atom. The van der Waals surface area contributed by atoms with E-state index in [1.54, 1.807) is 18.9 Å². The third kappa shape index (κ3) is 7.74. The maximum atomic E-state index is 12.5. The molecule has 0 aromatic carbocycles. The number of aromatic amines is 2. The minimum atomic E-state index is -0.614. The Labute approximate surface area is 243 Å². The maximum absolute atomic E-state index is 12.5. The fraction of sp³-hybridized carbons (Fsp3) is 0.714. The van der Waals surface area contributed by atoms with Gasteiger partial charge in [-0.3, -0.25) is 33.5 Å². The Hall–Kier alpha value is -2.88. The van der Waals surface area contributed by atoms with Gasteiger partial charge in [0.1, 0.15) is 18.6 Å². The first-order chi connectivity index (χ1) is 19.8. The highest BCUT2D eigenvalue weighted by atomic mass is 16.7. The van der Waals surface area contributed by atoms with E-state index in [2.05, 4.69) is 9.97 Å². The van der Waals surface area contributed by atoms with Crippen LogP contribution in [0.1, 0.15) is 64.1 Å².